The molecular formula is C16H14ClN3O2S. The third kappa shape index (κ3) is 2.87. The fourth-order valence-corrected chi connectivity index (χ4v) is 3.62. The van der Waals surface area contributed by atoms with Crippen LogP contribution in [0.15, 0.2) is 18.2 Å². The average molecular weight is 348 g/mol. The van der Waals surface area contributed by atoms with Crippen LogP contribution in [0.2, 0.25) is 5.02 Å². The number of aromatic nitrogens is 2. The molecule has 0 bridgehead atoms. The van der Waals surface area contributed by atoms with Crippen LogP contribution in [0.4, 0.5) is 11.5 Å². The Bertz CT molecular complexity index is 937. The lowest BCUT2D eigenvalue weighted by Crippen LogP contribution is -2.01. The van der Waals surface area contributed by atoms with Crippen molar-refractivity contribution in [2.24, 2.45) is 0 Å². The van der Waals surface area contributed by atoms with Gasteiger partial charge in [0.2, 0.25) is 0 Å². The number of benzene rings is 1. The van der Waals surface area contributed by atoms with Gasteiger partial charge in [-0.05, 0) is 44.5 Å². The average Bonchev–Trinajstić information content (AvgIpc) is 2.75. The highest BCUT2D eigenvalue weighted by Crippen LogP contribution is 2.34. The number of carbonyl (C=O) groups is 1. The van der Waals surface area contributed by atoms with Gasteiger partial charge >= 0.3 is 5.97 Å². The molecule has 2 N–H and O–H groups in total. The van der Waals surface area contributed by atoms with E-state index in [1.54, 1.807) is 23.5 Å². The van der Waals surface area contributed by atoms with Gasteiger partial charge in [0.25, 0.3) is 0 Å². The number of thiophene rings is 1. The smallest absolute Gasteiger partial charge is 0.337 e. The third-order valence-electron chi connectivity index (χ3n) is 3.60. The molecular weight excluding hydrogens is 334 g/mol. The zero-order valence-corrected chi connectivity index (χ0v) is 14.3. The summed E-state index contributed by atoms with van der Waals surface area (Å²) in [6.45, 7) is 5.91. The van der Waals surface area contributed by atoms with Gasteiger partial charge in [0.05, 0.1) is 16.0 Å². The molecule has 0 aliphatic rings. The number of nitrogens with one attached hydrogen (secondary N) is 1. The maximum Gasteiger partial charge on any atom is 0.337 e. The molecule has 2 aromatic heterocycles. The minimum Gasteiger partial charge on any atom is -0.478 e. The van der Waals surface area contributed by atoms with E-state index in [9.17, 15) is 9.90 Å². The zero-order chi connectivity index (χ0) is 16.7. The minimum atomic E-state index is -1.06. The zero-order valence-electron chi connectivity index (χ0n) is 12.8. The number of aromatic carboxylic acids is 1. The Morgan fingerprint density at radius 1 is 1.26 bits per heavy atom. The van der Waals surface area contributed by atoms with Crippen molar-refractivity contribution in [1.29, 1.82) is 0 Å². The minimum absolute atomic E-state index is 0.0527. The van der Waals surface area contributed by atoms with Gasteiger partial charge in [0.1, 0.15) is 16.5 Å². The van der Waals surface area contributed by atoms with Gasteiger partial charge in [0.15, 0.2) is 0 Å². The summed E-state index contributed by atoms with van der Waals surface area (Å²) in [7, 11) is 0. The lowest BCUT2D eigenvalue weighted by molar-refractivity contribution is 0.0697. The Hall–Kier alpha value is -2.18. The molecule has 7 heteroatoms. The molecule has 0 saturated carbocycles. The van der Waals surface area contributed by atoms with Gasteiger partial charge in [-0.25, -0.2) is 14.8 Å². The quantitative estimate of drug-likeness (QED) is 0.717. The molecule has 5 nitrogen and oxygen atoms in total. The van der Waals surface area contributed by atoms with Gasteiger partial charge in [-0.2, -0.15) is 0 Å². The van der Waals surface area contributed by atoms with Gasteiger partial charge in [0, 0.05) is 10.6 Å². The number of hydrogen-bond acceptors (Lipinski definition) is 5. The Morgan fingerprint density at radius 3 is 2.70 bits per heavy atom. The monoisotopic (exact) mass is 347 g/mol. The molecule has 0 amide bonds. The second-order valence-corrected chi connectivity index (χ2v) is 6.82. The van der Waals surface area contributed by atoms with Crippen molar-refractivity contribution >= 4 is 50.6 Å². The van der Waals surface area contributed by atoms with Crippen LogP contribution < -0.4 is 5.32 Å². The first-order valence-electron chi connectivity index (χ1n) is 6.91. The molecule has 0 saturated heterocycles. The third-order valence-corrected chi connectivity index (χ3v) is 5.03. The summed E-state index contributed by atoms with van der Waals surface area (Å²) in [5, 5.41) is 13.5. The van der Waals surface area contributed by atoms with Crippen molar-refractivity contribution in [2.45, 2.75) is 20.8 Å². The van der Waals surface area contributed by atoms with Gasteiger partial charge < -0.3 is 10.4 Å². The summed E-state index contributed by atoms with van der Waals surface area (Å²) in [6.07, 6.45) is 0. The van der Waals surface area contributed by atoms with Crippen molar-refractivity contribution in [3.05, 3.63) is 45.1 Å². The number of halogens is 1. The molecule has 3 aromatic rings. The number of anilines is 2. The van der Waals surface area contributed by atoms with Gasteiger partial charge in [-0.15, -0.1) is 11.3 Å². The summed E-state index contributed by atoms with van der Waals surface area (Å²) >= 11 is 7.53. The first kappa shape index (κ1) is 15.7. The molecule has 0 fully saturated rings. The fraction of sp³-hybridized carbons (Fsp3) is 0.188. The largest absolute Gasteiger partial charge is 0.478 e. The van der Waals surface area contributed by atoms with Crippen LogP contribution in [0.5, 0.6) is 0 Å². The normalized spacial score (nSPS) is 11.0. The summed E-state index contributed by atoms with van der Waals surface area (Å²) in [6, 6.07) is 4.79. The van der Waals surface area contributed by atoms with E-state index in [1.165, 1.54) is 10.9 Å². The maximum atomic E-state index is 11.2. The molecule has 0 atom stereocenters. The SMILES string of the molecule is Cc1nc(Nc2ccc(Cl)c(C(=O)O)c2)c2c(C)c(C)sc2n1. The number of fused-ring (bicyclic) bond motifs is 1. The van der Waals surface area contributed by atoms with E-state index < -0.39 is 5.97 Å². The van der Waals surface area contributed by atoms with Crippen LogP contribution in [0.1, 0.15) is 26.6 Å². The van der Waals surface area contributed by atoms with E-state index >= 15 is 0 Å². The molecule has 0 unspecified atom stereocenters. The van der Waals surface area contributed by atoms with Crippen LogP contribution >= 0.6 is 22.9 Å². The number of hydrogen-bond donors (Lipinski definition) is 2. The molecule has 0 spiro atoms. The van der Waals surface area contributed by atoms with Crippen molar-refractivity contribution in [3.63, 3.8) is 0 Å². The second-order valence-electron chi connectivity index (χ2n) is 5.21. The molecule has 118 valence electrons. The molecule has 23 heavy (non-hydrogen) atoms. The lowest BCUT2D eigenvalue weighted by atomic mass is 10.2. The van der Waals surface area contributed by atoms with E-state index in [-0.39, 0.29) is 10.6 Å². The number of carboxylic acids is 1. The Balaban J connectivity index is 2.12. The van der Waals surface area contributed by atoms with E-state index in [0.717, 1.165) is 15.8 Å². The van der Waals surface area contributed by atoms with Gasteiger partial charge in [-0.3, -0.25) is 0 Å². The van der Waals surface area contributed by atoms with Crippen LogP contribution in [0.25, 0.3) is 10.2 Å². The molecule has 3 rings (SSSR count). The highest BCUT2D eigenvalue weighted by molar-refractivity contribution is 7.18. The summed E-state index contributed by atoms with van der Waals surface area (Å²) in [4.78, 5) is 22.3. The predicted molar refractivity (Wildman–Crippen MR) is 93.3 cm³/mol. The van der Waals surface area contributed by atoms with Crippen LogP contribution in [-0.4, -0.2) is 21.0 Å². The first-order chi connectivity index (χ1) is 10.9. The van der Waals surface area contributed by atoms with Gasteiger partial charge in [-0.1, -0.05) is 11.6 Å². The molecule has 0 aliphatic carbocycles. The highest BCUT2D eigenvalue weighted by Gasteiger charge is 2.15. The van der Waals surface area contributed by atoms with Crippen molar-refractivity contribution in [2.75, 3.05) is 5.32 Å². The number of nitrogens with zero attached hydrogens (tertiary/aromatic N) is 2. The summed E-state index contributed by atoms with van der Waals surface area (Å²) in [5.41, 5.74) is 1.80. The lowest BCUT2D eigenvalue weighted by Gasteiger charge is -2.10. The van der Waals surface area contributed by atoms with Crippen LogP contribution in [0, 0.1) is 20.8 Å². The highest BCUT2D eigenvalue weighted by atomic mass is 35.5. The number of aryl methyl sites for hydroxylation is 3. The van der Waals surface area contributed by atoms with Crippen LogP contribution in [0.3, 0.4) is 0 Å². The maximum absolute atomic E-state index is 11.2. The second kappa shape index (κ2) is 5.79. The number of carboxylic acid groups (broad SMARTS) is 1. The first-order valence-corrected chi connectivity index (χ1v) is 8.10. The van der Waals surface area contributed by atoms with Crippen molar-refractivity contribution in [1.82, 2.24) is 9.97 Å². The molecule has 0 aliphatic heterocycles. The predicted octanol–water partition coefficient (Wildman–Crippen LogP) is 4.71. The van der Waals surface area contributed by atoms with Crippen molar-refractivity contribution in [3.8, 4) is 0 Å². The van der Waals surface area contributed by atoms with E-state index in [4.69, 9.17) is 11.6 Å². The molecule has 0 radical (unpaired) electrons. The Labute approximate surface area is 142 Å². The van der Waals surface area contributed by atoms with Crippen LogP contribution in [-0.2, 0) is 0 Å². The van der Waals surface area contributed by atoms with Crippen molar-refractivity contribution < 1.29 is 9.90 Å². The Morgan fingerprint density at radius 2 is 2.00 bits per heavy atom. The Kier molecular flexibility index (Phi) is 3.95. The topological polar surface area (TPSA) is 75.1 Å². The summed E-state index contributed by atoms with van der Waals surface area (Å²) < 4.78 is 0. The number of rotatable bonds is 3. The standard InChI is InChI=1S/C16H14ClN3O2S/c1-7-8(2)23-15-13(7)14(18-9(3)19-15)20-10-4-5-12(17)11(6-10)16(21)22/h4-6H,1-3H3,(H,21,22)(H,18,19,20). The molecule has 2 heterocycles. The van der Waals surface area contributed by atoms with E-state index in [2.05, 4.69) is 15.3 Å². The van der Waals surface area contributed by atoms with E-state index in [1.807, 2.05) is 20.8 Å². The summed E-state index contributed by atoms with van der Waals surface area (Å²) in [5.74, 6) is 0.270. The molecule has 1 aromatic carbocycles. The van der Waals surface area contributed by atoms with E-state index in [0.29, 0.717) is 17.3 Å². The fourth-order valence-electron chi connectivity index (χ4n) is 2.35.